The van der Waals surface area contributed by atoms with Crippen LogP contribution in [-0.2, 0) is 0 Å². The molecule has 1 amide bonds. The first-order valence-corrected chi connectivity index (χ1v) is 8.92. The first kappa shape index (κ1) is 17.6. The van der Waals surface area contributed by atoms with E-state index >= 15 is 0 Å². The van der Waals surface area contributed by atoms with Gasteiger partial charge in [0.15, 0.2) is 0 Å². The van der Waals surface area contributed by atoms with Crippen molar-refractivity contribution in [2.75, 3.05) is 10.6 Å². The molecule has 0 spiro atoms. The highest BCUT2D eigenvalue weighted by Gasteiger charge is 2.12. The molecule has 0 saturated heterocycles. The summed E-state index contributed by atoms with van der Waals surface area (Å²) in [6.07, 6.45) is 3.27. The van der Waals surface area contributed by atoms with E-state index in [1.807, 2.05) is 56.3 Å². The fourth-order valence-electron chi connectivity index (χ4n) is 3.11. The number of amides is 1. The highest BCUT2D eigenvalue weighted by Crippen LogP contribution is 2.21. The molecule has 0 bridgehead atoms. The second-order valence-corrected chi connectivity index (χ2v) is 6.60. The molecule has 2 aromatic heterocycles. The third-order valence-corrected chi connectivity index (χ3v) is 4.25. The Balaban J connectivity index is 1.57. The lowest BCUT2D eigenvalue weighted by Crippen LogP contribution is -2.15. The van der Waals surface area contributed by atoms with E-state index in [0.29, 0.717) is 11.6 Å². The quantitative estimate of drug-likeness (QED) is 0.548. The number of hydrogen-bond acceptors (Lipinski definition) is 5. The fraction of sp³-hybridized carbons (Fsp3) is 0.0909. The largest absolute Gasteiger partial charge is 0.324 e. The summed E-state index contributed by atoms with van der Waals surface area (Å²) in [6, 6.07) is 17.2. The van der Waals surface area contributed by atoms with Gasteiger partial charge in [0.2, 0.25) is 5.95 Å². The van der Waals surface area contributed by atoms with Gasteiger partial charge in [-0.1, -0.05) is 24.3 Å². The Morgan fingerprint density at radius 2 is 1.68 bits per heavy atom. The van der Waals surface area contributed by atoms with Crippen molar-refractivity contribution < 1.29 is 4.79 Å². The smallest absolute Gasteiger partial charge is 0.274 e. The molecule has 28 heavy (non-hydrogen) atoms. The molecular weight excluding hydrogens is 350 g/mol. The molecule has 6 heteroatoms. The van der Waals surface area contributed by atoms with Gasteiger partial charge in [-0.05, 0) is 55.3 Å². The molecule has 4 rings (SSSR count). The number of carbonyl (C=O) groups excluding carboxylic acids is 1. The summed E-state index contributed by atoms with van der Waals surface area (Å²) >= 11 is 0. The Kier molecular flexibility index (Phi) is 4.68. The monoisotopic (exact) mass is 369 g/mol. The van der Waals surface area contributed by atoms with Gasteiger partial charge in [-0.3, -0.25) is 9.78 Å². The minimum Gasteiger partial charge on any atom is -0.324 e. The lowest BCUT2D eigenvalue weighted by molar-refractivity contribution is 0.102. The zero-order valence-electron chi connectivity index (χ0n) is 15.6. The van der Waals surface area contributed by atoms with Gasteiger partial charge in [0, 0.05) is 23.5 Å². The fourth-order valence-corrected chi connectivity index (χ4v) is 3.11. The molecule has 0 saturated carbocycles. The van der Waals surface area contributed by atoms with Crippen molar-refractivity contribution in [3.63, 3.8) is 0 Å². The first-order valence-electron chi connectivity index (χ1n) is 8.92. The number of nitrogens with one attached hydrogen (secondary N) is 2. The van der Waals surface area contributed by atoms with Gasteiger partial charge in [-0.2, -0.15) is 0 Å². The van der Waals surface area contributed by atoms with Gasteiger partial charge in [0.05, 0.1) is 11.2 Å². The van der Waals surface area contributed by atoms with Crippen LogP contribution in [0.2, 0.25) is 0 Å². The summed E-state index contributed by atoms with van der Waals surface area (Å²) in [6.45, 7) is 4.06. The van der Waals surface area contributed by atoms with Crippen LogP contribution in [0.3, 0.4) is 0 Å². The number of hydrogen-bond donors (Lipinski definition) is 2. The number of benzene rings is 2. The van der Waals surface area contributed by atoms with Gasteiger partial charge >= 0.3 is 0 Å². The standard InChI is InChI=1S/C22H19N5O/c1-14-11-15(2)13-17(12-14)25-22-24-10-8-19(27-22)21(28)26-18-7-3-5-16-6-4-9-23-20(16)18/h3-13H,1-2H3,(H,26,28)(H,24,25,27). The zero-order chi connectivity index (χ0) is 19.5. The zero-order valence-corrected chi connectivity index (χ0v) is 15.6. The number of pyridine rings is 1. The van der Waals surface area contributed by atoms with Crippen molar-refractivity contribution in [1.82, 2.24) is 15.0 Å². The molecule has 0 atom stereocenters. The average Bonchev–Trinajstić information content (AvgIpc) is 2.68. The highest BCUT2D eigenvalue weighted by atomic mass is 16.1. The number of fused-ring (bicyclic) bond motifs is 1. The SMILES string of the molecule is Cc1cc(C)cc(Nc2nccc(C(=O)Nc3cccc4cccnc34)n2)c1. The molecule has 2 heterocycles. The van der Waals surface area contributed by atoms with Crippen molar-refractivity contribution in [2.24, 2.45) is 0 Å². The third-order valence-electron chi connectivity index (χ3n) is 4.25. The van der Waals surface area contributed by atoms with Crippen LogP contribution in [0.25, 0.3) is 10.9 Å². The Labute approximate surface area is 162 Å². The average molecular weight is 369 g/mol. The van der Waals surface area contributed by atoms with E-state index in [-0.39, 0.29) is 11.6 Å². The van der Waals surface area contributed by atoms with Crippen LogP contribution in [0.4, 0.5) is 17.3 Å². The van der Waals surface area contributed by atoms with E-state index in [1.54, 1.807) is 18.5 Å². The van der Waals surface area contributed by atoms with Gasteiger partial charge in [0.1, 0.15) is 5.69 Å². The van der Waals surface area contributed by atoms with E-state index in [4.69, 9.17) is 0 Å². The normalized spacial score (nSPS) is 10.6. The molecule has 138 valence electrons. The van der Waals surface area contributed by atoms with Crippen molar-refractivity contribution in [3.8, 4) is 0 Å². The first-order chi connectivity index (χ1) is 13.6. The van der Waals surface area contributed by atoms with E-state index in [9.17, 15) is 4.79 Å². The molecule has 0 aliphatic heterocycles. The predicted molar refractivity (Wildman–Crippen MR) is 111 cm³/mol. The van der Waals surface area contributed by atoms with Crippen LogP contribution >= 0.6 is 0 Å². The van der Waals surface area contributed by atoms with Crippen LogP contribution in [0.5, 0.6) is 0 Å². The summed E-state index contributed by atoms with van der Waals surface area (Å²) in [4.78, 5) is 25.6. The van der Waals surface area contributed by atoms with E-state index < -0.39 is 0 Å². The number of anilines is 3. The van der Waals surface area contributed by atoms with Gasteiger partial charge in [-0.25, -0.2) is 9.97 Å². The number of aromatic nitrogens is 3. The third kappa shape index (κ3) is 3.81. The molecule has 4 aromatic rings. The van der Waals surface area contributed by atoms with Crippen molar-refractivity contribution in [2.45, 2.75) is 13.8 Å². The minimum atomic E-state index is -0.316. The summed E-state index contributed by atoms with van der Waals surface area (Å²) < 4.78 is 0. The Hall–Kier alpha value is -3.80. The molecule has 6 nitrogen and oxygen atoms in total. The summed E-state index contributed by atoms with van der Waals surface area (Å²) in [7, 11) is 0. The Bertz CT molecular complexity index is 1150. The van der Waals surface area contributed by atoms with Crippen molar-refractivity contribution >= 4 is 34.1 Å². The molecule has 0 fully saturated rings. The Morgan fingerprint density at radius 1 is 0.893 bits per heavy atom. The van der Waals surface area contributed by atoms with Crippen molar-refractivity contribution in [1.29, 1.82) is 0 Å². The molecule has 2 aromatic carbocycles. The summed E-state index contributed by atoms with van der Waals surface area (Å²) in [5.41, 5.74) is 4.81. The second-order valence-electron chi connectivity index (χ2n) is 6.60. The lowest BCUT2D eigenvalue weighted by atomic mass is 10.1. The van der Waals surface area contributed by atoms with Crippen LogP contribution in [-0.4, -0.2) is 20.9 Å². The number of aryl methyl sites for hydroxylation is 2. The van der Waals surface area contributed by atoms with Crippen LogP contribution < -0.4 is 10.6 Å². The lowest BCUT2D eigenvalue weighted by Gasteiger charge is -2.10. The maximum Gasteiger partial charge on any atom is 0.274 e. The second kappa shape index (κ2) is 7.44. The number of carbonyl (C=O) groups is 1. The van der Waals surface area contributed by atoms with E-state index in [0.717, 1.165) is 27.7 Å². The van der Waals surface area contributed by atoms with Gasteiger partial charge in [0.25, 0.3) is 5.91 Å². The number of rotatable bonds is 4. The van der Waals surface area contributed by atoms with E-state index in [1.165, 1.54) is 0 Å². The van der Waals surface area contributed by atoms with E-state index in [2.05, 4.69) is 31.7 Å². The molecule has 0 radical (unpaired) electrons. The topological polar surface area (TPSA) is 79.8 Å². The molecule has 0 aliphatic rings. The summed E-state index contributed by atoms with van der Waals surface area (Å²) in [5.74, 6) is 0.0534. The maximum absolute atomic E-state index is 12.7. The summed E-state index contributed by atoms with van der Waals surface area (Å²) in [5, 5.41) is 7.01. The highest BCUT2D eigenvalue weighted by molar-refractivity contribution is 6.07. The Morgan fingerprint density at radius 3 is 2.50 bits per heavy atom. The van der Waals surface area contributed by atoms with Crippen LogP contribution in [0, 0.1) is 13.8 Å². The predicted octanol–water partition coefficient (Wildman–Crippen LogP) is 4.64. The molecular formula is C22H19N5O. The van der Waals surface area contributed by atoms with Gasteiger partial charge in [-0.15, -0.1) is 0 Å². The molecule has 2 N–H and O–H groups in total. The van der Waals surface area contributed by atoms with Crippen LogP contribution in [0.15, 0.2) is 67.0 Å². The number of para-hydroxylation sites is 1. The molecule has 0 aliphatic carbocycles. The minimum absolute atomic E-state index is 0.273. The van der Waals surface area contributed by atoms with Crippen LogP contribution in [0.1, 0.15) is 21.6 Å². The maximum atomic E-state index is 12.7. The molecule has 0 unspecified atom stereocenters. The van der Waals surface area contributed by atoms with Crippen molar-refractivity contribution in [3.05, 3.63) is 83.8 Å². The van der Waals surface area contributed by atoms with Gasteiger partial charge < -0.3 is 10.6 Å². The number of nitrogens with zero attached hydrogens (tertiary/aromatic N) is 3.